The van der Waals surface area contributed by atoms with E-state index in [0.717, 1.165) is 6.42 Å². The molecule has 1 aromatic rings. The molecular weight excluding hydrogens is 278 g/mol. The van der Waals surface area contributed by atoms with Crippen LogP contribution in [-0.2, 0) is 14.8 Å². The second-order valence-corrected chi connectivity index (χ2v) is 6.19. The van der Waals surface area contributed by atoms with Crippen molar-refractivity contribution in [2.45, 2.75) is 32.1 Å². The van der Waals surface area contributed by atoms with Crippen LogP contribution in [0.2, 0.25) is 0 Å². The lowest BCUT2D eigenvalue weighted by atomic mass is 10.2. The van der Waals surface area contributed by atoms with Gasteiger partial charge in [-0.15, -0.1) is 0 Å². The van der Waals surface area contributed by atoms with Crippen molar-refractivity contribution >= 4 is 16.0 Å². The smallest absolute Gasteiger partial charge is 0.338 e. The Morgan fingerprint density at radius 3 is 2.40 bits per heavy atom. The van der Waals surface area contributed by atoms with E-state index in [1.165, 1.54) is 16.4 Å². The largest absolute Gasteiger partial charge is 0.462 e. The number of carbonyl (C=O) groups is 1. The molecule has 0 aromatic heterocycles. The van der Waals surface area contributed by atoms with Gasteiger partial charge in [0.1, 0.15) is 0 Å². The van der Waals surface area contributed by atoms with Crippen molar-refractivity contribution in [2.75, 3.05) is 19.7 Å². The predicted molar refractivity (Wildman–Crippen MR) is 77.1 cm³/mol. The number of ether oxygens (including phenoxy) is 1. The Balaban J connectivity index is 3.07. The lowest BCUT2D eigenvalue weighted by molar-refractivity contribution is 0.0505. The summed E-state index contributed by atoms with van der Waals surface area (Å²) in [5, 5.41) is 0. The third kappa shape index (κ3) is 3.80. The molecule has 0 spiro atoms. The van der Waals surface area contributed by atoms with Crippen LogP contribution in [0.3, 0.4) is 0 Å². The highest BCUT2D eigenvalue weighted by molar-refractivity contribution is 7.89. The maximum atomic E-state index is 12.4. The number of sulfonamides is 1. The molecule has 0 saturated carbocycles. The topological polar surface area (TPSA) is 63.7 Å². The molecule has 0 heterocycles. The Kier molecular flexibility index (Phi) is 6.16. The second kappa shape index (κ2) is 7.40. The third-order valence-electron chi connectivity index (χ3n) is 2.85. The van der Waals surface area contributed by atoms with Crippen LogP contribution >= 0.6 is 0 Å². The van der Waals surface area contributed by atoms with Crippen molar-refractivity contribution in [3.63, 3.8) is 0 Å². The first-order valence-corrected chi connectivity index (χ1v) is 8.18. The quantitative estimate of drug-likeness (QED) is 0.725. The zero-order chi connectivity index (χ0) is 15.2. The zero-order valence-electron chi connectivity index (χ0n) is 12.1. The van der Waals surface area contributed by atoms with Crippen LogP contribution in [0.1, 0.15) is 37.6 Å². The van der Waals surface area contributed by atoms with Crippen LogP contribution in [0.25, 0.3) is 0 Å². The normalized spacial score (nSPS) is 11.6. The monoisotopic (exact) mass is 299 g/mol. The van der Waals surface area contributed by atoms with E-state index in [-0.39, 0.29) is 10.5 Å². The SMILES string of the molecule is CCCOC(=O)c1cccc(S(=O)(=O)N(CC)CC)c1. The maximum absolute atomic E-state index is 12.4. The molecule has 20 heavy (non-hydrogen) atoms. The molecule has 1 aromatic carbocycles. The molecule has 0 bridgehead atoms. The maximum Gasteiger partial charge on any atom is 0.338 e. The molecule has 112 valence electrons. The van der Waals surface area contributed by atoms with Crippen LogP contribution < -0.4 is 0 Å². The number of hydrogen-bond acceptors (Lipinski definition) is 4. The minimum absolute atomic E-state index is 0.118. The van der Waals surface area contributed by atoms with Crippen molar-refractivity contribution in [3.05, 3.63) is 29.8 Å². The summed E-state index contributed by atoms with van der Waals surface area (Å²) >= 11 is 0. The second-order valence-electron chi connectivity index (χ2n) is 4.25. The first-order valence-electron chi connectivity index (χ1n) is 6.74. The van der Waals surface area contributed by atoms with Crippen LogP contribution in [0.4, 0.5) is 0 Å². The summed E-state index contributed by atoms with van der Waals surface area (Å²) in [6, 6.07) is 5.97. The fourth-order valence-electron chi connectivity index (χ4n) is 1.77. The van der Waals surface area contributed by atoms with Gasteiger partial charge in [-0.1, -0.05) is 26.8 Å². The molecule has 5 nitrogen and oxygen atoms in total. The summed E-state index contributed by atoms with van der Waals surface area (Å²) < 4.78 is 31.1. The Hall–Kier alpha value is -1.40. The molecule has 0 N–H and O–H groups in total. The van der Waals surface area contributed by atoms with Gasteiger partial charge in [-0.2, -0.15) is 4.31 Å². The summed E-state index contributed by atoms with van der Waals surface area (Å²) in [5.74, 6) is -0.497. The Morgan fingerprint density at radius 1 is 1.20 bits per heavy atom. The highest BCUT2D eigenvalue weighted by Gasteiger charge is 2.22. The highest BCUT2D eigenvalue weighted by atomic mass is 32.2. The van der Waals surface area contributed by atoms with E-state index in [0.29, 0.717) is 19.7 Å². The van der Waals surface area contributed by atoms with E-state index in [9.17, 15) is 13.2 Å². The fourth-order valence-corrected chi connectivity index (χ4v) is 3.28. The van der Waals surface area contributed by atoms with E-state index < -0.39 is 16.0 Å². The molecule has 1 rings (SSSR count). The van der Waals surface area contributed by atoms with Crippen molar-refractivity contribution < 1.29 is 17.9 Å². The average molecular weight is 299 g/mol. The molecule has 0 unspecified atom stereocenters. The number of esters is 1. The minimum atomic E-state index is -3.55. The molecule has 0 fully saturated rings. The molecule has 0 aliphatic rings. The number of hydrogen-bond donors (Lipinski definition) is 0. The van der Waals surface area contributed by atoms with Gasteiger partial charge < -0.3 is 4.74 Å². The molecule has 6 heteroatoms. The summed E-state index contributed by atoms with van der Waals surface area (Å²) in [7, 11) is -3.55. The van der Waals surface area contributed by atoms with E-state index in [1.54, 1.807) is 26.0 Å². The lowest BCUT2D eigenvalue weighted by Crippen LogP contribution is -2.30. The van der Waals surface area contributed by atoms with Gasteiger partial charge in [0.05, 0.1) is 17.1 Å². The van der Waals surface area contributed by atoms with Crippen molar-refractivity contribution in [3.8, 4) is 0 Å². The van der Waals surface area contributed by atoms with Gasteiger partial charge in [-0.25, -0.2) is 13.2 Å². The summed E-state index contributed by atoms with van der Waals surface area (Å²) in [4.78, 5) is 11.9. The third-order valence-corrected chi connectivity index (χ3v) is 4.90. The minimum Gasteiger partial charge on any atom is -0.462 e. The summed E-state index contributed by atoms with van der Waals surface area (Å²) in [5.41, 5.74) is 0.256. The molecule has 0 amide bonds. The number of benzene rings is 1. The van der Waals surface area contributed by atoms with E-state index in [4.69, 9.17) is 4.74 Å². The fraction of sp³-hybridized carbons (Fsp3) is 0.500. The van der Waals surface area contributed by atoms with Gasteiger partial charge >= 0.3 is 5.97 Å². The number of rotatable bonds is 7. The molecule has 0 radical (unpaired) electrons. The number of nitrogens with zero attached hydrogens (tertiary/aromatic N) is 1. The molecule has 0 atom stereocenters. The first-order chi connectivity index (χ1) is 9.47. The Bertz CT molecular complexity index is 550. The van der Waals surface area contributed by atoms with Crippen molar-refractivity contribution in [1.29, 1.82) is 0 Å². The van der Waals surface area contributed by atoms with Gasteiger partial charge in [0.15, 0.2) is 0 Å². The van der Waals surface area contributed by atoms with Gasteiger partial charge in [0, 0.05) is 13.1 Å². The van der Waals surface area contributed by atoms with Crippen molar-refractivity contribution in [1.82, 2.24) is 4.31 Å². The van der Waals surface area contributed by atoms with E-state index >= 15 is 0 Å². The van der Waals surface area contributed by atoms with E-state index in [2.05, 4.69) is 0 Å². The predicted octanol–water partition coefficient (Wildman–Crippen LogP) is 2.28. The van der Waals surface area contributed by atoms with Crippen LogP contribution in [0.5, 0.6) is 0 Å². The van der Waals surface area contributed by atoms with Gasteiger partial charge in [0.25, 0.3) is 0 Å². The Morgan fingerprint density at radius 2 is 1.85 bits per heavy atom. The molecular formula is C14H21NO4S. The van der Waals surface area contributed by atoms with Crippen LogP contribution in [0, 0.1) is 0 Å². The Labute approximate surface area is 120 Å². The number of carbonyl (C=O) groups excluding carboxylic acids is 1. The van der Waals surface area contributed by atoms with Gasteiger partial charge in [-0.05, 0) is 24.6 Å². The van der Waals surface area contributed by atoms with Crippen LogP contribution in [0.15, 0.2) is 29.2 Å². The highest BCUT2D eigenvalue weighted by Crippen LogP contribution is 2.17. The van der Waals surface area contributed by atoms with Crippen LogP contribution in [-0.4, -0.2) is 38.4 Å². The molecule has 0 aliphatic carbocycles. The van der Waals surface area contributed by atoms with Crippen molar-refractivity contribution in [2.24, 2.45) is 0 Å². The average Bonchev–Trinajstić information content (AvgIpc) is 2.46. The standard InChI is InChI=1S/C14H21NO4S/c1-4-10-19-14(16)12-8-7-9-13(11-12)20(17,18)15(5-2)6-3/h7-9,11H,4-6,10H2,1-3H3. The first kappa shape index (κ1) is 16.7. The molecule has 0 saturated heterocycles. The van der Waals surface area contributed by atoms with Gasteiger partial charge in [-0.3, -0.25) is 0 Å². The molecule has 0 aliphatic heterocycles. The van der Waals surface area contributed by atoms with E-state index in [1.807, 2.05) is 6.92 Å². The summed E-state index contributed by atoms with van der Waals surface area (Å²) in [6.45, 7) is 6.56. The lowest BCUT2D eigenvalue weighted by Gasteiger charge is -2.18. The summed E-state index contributed by atoms with van der Waals surface area (Å²) in [6.07, 6.45) is 0.725. The zero-order valence-corrected chi connectivity index (χ0v) is 12.9. The van der Waals surface area contributed by atoms with Gasteiger partial charge in [0.2, 0.25) is 10.0 Å².